The highest BCUT2D eigenvalue weighted by molar-refractivity contribution is 8.09. The third-order valence-electron chi connectivity index (χ3n) is 0.954. The lowest BCUT2D eigenvalue weighted by atomic mass is 10.7. The summed E-state index contributed by atoms with van der Waals surface area (Å²) in [5, 5.41) is 1.24. The zero-order chi connectivity index (χ0) is 7.28. The summed E-state index contributed by atoms with van der Waals surface area (Å²) in [7, 11) is 4.05. The lowest BCUT2D eigenvalue weighted by molar-refractivity contribution is 0.409. The molecule has 0 rings (SSSR count). The van der Waals surface area contributed by atoms with Gasteiger partial charge in [-0.15, -0.1) is 11.8 Å². The van der Waals surface area contributed by atoms with Crippen LogP contribution in [0.3, 0.4) is 0 Å². The van der Waals surface area contributed by atoms with Gasteiger partial charge in [-0.1, -0.05) is 0 Å². The summed E-state index contributed by atoms with van der Waals surface area (Å²) in [6.45, 7) is 0. The monoisotopic (exact) mass is 183 g/mol. The van der Waals surface area contributed by atoms with Crippen molar-refractivity contribution < 1.29 is 0 Å². The van der Waals surface area contributed by atoms with Crippen molar-refractivity contribution in [2.75, 3.05) is 24.9 Å². The van der Waals surface area contributed by atoms with E-state index in [1.807, 2.05) is 14.1 Å². The fourth-order valence-electron chi connectivity index (χ4n) is 0.307. The second-order valence-corrected chi connectivity index (χ2v) is 4.31. The molecule has 0 spiro atoms. The lowest BCUT2D eigenvalue weighted by Gasteiger charge is -2.17. The maximum absolute atomic E-state index is 4.33. The van der Waals surface area contributed by atoms with E-state index < -0.39 is 0 Å². The van der Waals surface area contributed by atoms with E-state index in [1.54, 1.807) is 11.8 Å². The number of hydrogen-bond acceptors (Lipinski definition) is 4. The quantitative estimate of drug-likeness (QED) is 0.501. The Bertz CT molecular complexity index is 67.2. The van der Waals surface area contributed by atoms with Crippen molar-refractivity contribution in [2.24, 2.45) is 0 Å². The fraction of sp³-hybridized carbons (Fsp3) is 1.00. The summed E-state index contributed by atoms with van der Waals surface area (Å²) in [5.41, 5.74) is 0. The van der Waals surface area contributed by atoms with E-state index in [-0.39, 0.29) is 0 Å². The Balaban J connectivity index is 3.16. The summed E-state index contributed by atoms with van der Waals surface area (Å²) in [6.07, 6.45) is 0. The van der Waals surface area contributed by atoms with Gasteiger partial charge in [0, 0.05) is 10.8 Å². The zero-order valence-electron chi connectivity index (χ0n) is 5.74. The van der Waals surface area contributed by atoms with Crippen molar-refractivity contribution in [2.45, 2.75) is 5.37 Å². The first-order chi connectivity index (χ1) is 4.18. The normalized spacial score (nSPS) is 14.3. The van der Waals surface area contributed by atoms with Crippen molar-refractivity contribution in [3.63, 3.8) is 0 Å². The van der Waals surface area contributed by atoms with Crippen LogP contribution in [0.4, 0.5) is 0 Å². The molecule has 0 aromatic carbocycles. The molecule has 0 fully saturated rings. The Morgan fingerprint density at radius 3 is 2.44 bits per heavy atom. The van der Waals surface area contributed by atoms with E-state index >= 15 is 0 Å². The van der Waals surface area contributed by atoms with Gasteiger partial charge in [-0.3, -0.25) is 4.90 Å². The van der Waals surface area contributed by atoms with Crippen LogP contribution >= 0.6 is 37.0 Å². The van der Waals surface area contributed by atoms with Crippen LogP contribution in [0.15, 0.2) is 0 Å². The molecule has 0 aromatic rings. The molecule has 0 radical (unpaired) electrons. The first-order valence-corrected chi connectivity index (χ1v) is 5.02. The minimum absolute atomic E-state index is 0.363. The summed E-state index contributed by atoms with van der Waals surface area (Å²) < 4.78 is 0. The summed E-state index contributed by atoms with van der Waals surface area (Å²) >= 11 is 10.2. The van der Waals surface area contributed by atoms with Crippen LogP contribution in [0.1, 0.15) is 0 Å². The predicted octanol–water partition coefficient (Wildman–Crippen LogP) is 1.42. The topological polar surface area (TPSA) is 3.24 Å². The summed E-state index contributed by atoms with van der Waals surface area (Å²) in [5.74, 6) is 1.04. The van der Waals surface area contributed by atoms with Gasteiger partial charge in [0.05, 0.1) is 5.37 Å². The van der Waals surface area contributed by atoms with Gasteiger partial charge in [0.1, 0.15) is 0 Å². The van der Waals surface area contributed by atoms with Gasteiger partial charge < -0.3 is 0 Å². The van der Waals surface area contributed by atoms with Crippen molar-refractivity contribution in [1.29, 1.82) is 0 Å². The third-order valence-corrected chi connectivity index (χ3v) is 3.13. The van der Waals surface area contributed by atoms with Crippen LogP contribution in [-0.2, 0) is 0 Å². The van der Waals surface area contributed by atoms with Crippen molar-refractivity contribution in [3.05, 3.63) is 0 Å². The Hall–Kier alpha value is 1.01. The Morgan fingerprint density at radius 2 is 2.11 bits per heavy atom. The molecule has 4 heteroatoms. The molecule has 9 heavy (non-hydrogen) atoms. The van der Waals surface area contributed by atoms with Crippen LogP contribution in [0.5, 0.6) is 0 Å². The van der Waals surface area contributed by atoms with Crippen LogP contribution in [0, 0.1) is 0 Å². The van der Waals surface area contributed by atoms with Crippen LogP contribution in [-0.4, -0.2) is 35.2 Å². The second kappa shape index (κ2) is 5.77. The van der Waals surface area contributed by atoms with Crippen molar-refractivity contribution in [1.82, 2.24) is 4.90 Å². The molecule has 0 heterocycles. The highest BCUT2D eigenvalue weighted by Gasteiger charge is 2.02. The fourth-order valence-corrected chi connectivity index (χ4v) is 1.55. The molecular weight excluding hydrogens is 170 g/mol. The molecule has 0 aliphatic heterocycles. The number of thiol groups is 2. The standard InChI is InChI=1S/C5H13NS3/c1-6(2)5(8)3-9-4-7/h5,7-8H,3-4H2,1-2H3. The molecule has 0 aliphatic carbocycles. The van der Waals surface area contributed by atoms with Gasteiger partial charge in [-0.2, -0.15) is 25.3 Å². The van der Waals surface area contributed by atoms with E-state index in [0.717, 1.165) is 10.8 Å². The van der Waals surface area contributed by atoms with Crippen LogP contribution < -0.4 is 0 Å². The SMILES string of the molecule is CN(C)C(S)CSCS. The van der Waals surface area contributed by atoms with E-state index in [9.17, 15) is 0 Å². The molecular formula is C5H13NS3. The van der Waals surface area contributed by atoms with E-state index in [2.05, 4.69) is 30.2 Å². The molecule has 56 valence electrons. The molecule has 0 saturated carbocycles. The molecule has 0 bridgehead atoms. The number of rotatable bonds is 4. The van der Waals surface area contributed by atoms with Gasteiger partial charge in [0.25, 0.3) is 0 Å². The van der Waals surface area contributed by atoms with Gasteiger partial charge in [0.15, 0.2) is 0 Å². The van der Waals surface area contributed by atoms with E-state index in [4.69, 9.17) is 0 Å². The first-order valence-electron chi connectivity index (χ1n) is 2.71. The number of hydrogen-bond donors (Lipinski definition) is 2. The molecule has 0 aliphatic rings. The minimum atomic E-state index is 0.363. The largest absolute Gasteiger partial charge is 0.297 e. The van der Waals surface area contributed by atoms with Crippen molar-refractivity contribution in [3.8, 4) is 0 Å². The highest BCUT2D eigenvalue weighted by Crippen LogP contribution is 2.09. The van der Waals surface area contributed by atoms with Gasteiger partial charge >= 0.3 is 0 Å². The minimum Gasteiger partial charge on any atom is -0.297 e. The summed E-state index contributed by atoms with van der Waals surface area (Å²) in [4.78, 5) is 2.08. The maximum Gasteiger partial charge on any atom is 0.0614 e. The smallest absolute Gasteiger partial charge is 0.0614 e. The van der Waals surface area contributed by atoms with Crippen LogP contribution in [0.2, 0.25) is 0 Å². The highest BCUT2D eigenvalue weighted by atomic mass is 32.2. The average Bonchev–Trinajstić information content (AvgIpc) is 1.82. The summed E-state index contributed by atoms with van der Waals surface area (Å²) in [6, 6.07) is 0. The Labute approximate surface area is 72.4 Å². The second-order valence-electron chi connectivity index (χ2n) is 1.94. The number of nitrogens with zero attached hydrogens (tertiary/aromatic N) is 1. The zero-order valence-corrected chi connectivity index (χ0v) is 8.35. The Morgan fingerprint density at radius 1 is 1.56 bits per heavy atom. The van der Waals surface area contributed by atoms with Gasteiger partial charge in [0.2, 0.25) is 0 Å². The van der Waals surface area contributed by atoms with E-state index in [0.29, 0.717) is 5.37 Å². The molecule has 0 N–H and O–H groups in total. The first kappa shape index (κ1) is 10.0. The molecule has 1 nitrogen and oxygen atoms in total. The van der Waals surface area contributed by atoms with Crippen LogP contribution in [0.25, 0.3) is 0 Å². The predicted molar refractivity (Wildman–Crippen MR) is 52.8 cm³/mol. The van der Waals surface area contributed by atoms with Gasteiger partial charge in [-0.25, -0.2) is 0 Å². The Kier molecular flexibility index (Phi) is 6.42. The molecule has 1 atom stereocenters. The lowest BCUT2D eigenvalue weighted by Crippen LogP contribution is -2.24. The molecule has 1 unspecified atom stereocenters. The van der Waals surface area contributed by atoms with E-state index in [1.165, 1.54) is 0 Å². The van der Waals surface area contributed by atoms with Gasteiger partial charge in [-0.05, 0) is 14.1 Å². The average molecular weight is 183 g/mol. The van der Waals surface area contributed by atoms with Crippen molar-refractivity contribution >= 4 is 37.0 Å². The molecule has 0 aromatic heterocycles. The third kappa shape index (κ3) is 5.45. The number of thioether (sulfide) groups is 1. The maximum atomic E-state index is 4.33. The molecule has 0 saturated heterocycles. The molecule has 0 amide bonds.